The largest absolute Gasteiger partial charge is 0.368 e. The van der Waals surface area contributed by atoms with Gasteiger partial charge in [-0.25, -0.2) is 8.78 Å². The molecule has 0 aliphatic carbocycles. The van der Waals surface area contributed by atoms with Crippen molar-refractivity contribution in [3.8, 4) is 0 Å². The van der Waals surface area contributed by atoms with Crippen LogP contribution in [-0.4, -0.2) is 17.9 Å². The molecule has 1 aromatic carbocycles. The number of carbonyl (C=O) groups excluding carboxylic acids is 2. The monoisotopic (exact) mass is 242 g/mol. The van der Waals surface area contributed by atoms with Gasteiger partial charge in [0.1, 0.15) is 17.7 Å². The fraction of sp³-hybridized carbons (Fsp3) is 0.273. The first-order valence-corrected chi connectivity index (χ1v) is 4.92. The number of hydrogen-bond acceptors (Lipinski definition) is 2. The van der Waals surface area contributed by atoms with Crippen LogP contribution in [0.15, 0.2) is 18.2 Å². The minimum Gasteiger partial charge on any atom is -0.368 e. The highest BCUT2D eigenvalue weighted by molar-refractivity contribution is 5.87. The third kappa shape index (κ3) is 4.18. The lowest BCUT2D eigenvalue weighted by molar-refractivity contribution is -0.126. The maximum atomic E-state index is 12.8. The Morgan fingerprint density at radius 3 is 2.29 bits per heavy atom. The fourth-order valence-electron chi connectivity index (χ4n) is 1.26. The van der Waals surface area contributed by atoms with Crippen LogP contribution in [0.3, 0.4) is 0 Å². The van der Waals surface area contributed by atoms with Crippen LogP contribution in [0.4, 0.5) is 8.78 Å². The quantitative estimate of drug-likeness (QED) is 0.806. The highest BCUT2D eigenvalue weighted by atomic mass is 19.1. The van der Waals surface area contributed by atoms with E-state index in [9.17, 15) is 18.4 Å². The first-order chi connectivity index (χ1) is 7.88. The van der Waals surface area contributed by atoms with Gasteiger partial charge in [0.15, 0.2) is 0 Å². The van der Waals surface area contributed by atoms with Gasteiger partial charge in [-0.15, -0.1) is 0 Å². The van der Waals surface area contributed by atoms with E-state index in [-0.39, 0.29) is 12.0 Å². The molecule has 0 fully saturated rings. The average Bonchev–Trinajstić information content (AvgIpc) is 2.14. The van der Waals surface area contributed by atoms with Crippen molar-refractivity contribution in [1.29, 1.82) is 0 Å². The van der Waals surface area contributed by atoms with Gasteiger partial charge in [-0.2, -0.15) is 0 Å². The van der Waals surface area contributed by atoms with Crippen LogP contribution >= 0.6 is 0 Å². The maximum absolute atomic E-state index is 12.8. The van der Waals surface area contributed by atoms with E-state index in [1.165, 1.54) is 6.92 Å². The highest BCUT2D eigenvalue weighted by Crippen LogP contribution is 2.08. The van der Waals surface area contributed by atoms with Gasteiger partial charge in [-0.3, -0.25) is 9.59 Å². The molecule has 0 saturated heterocycles. The van der Waals surface area contributed by atoms with Gasteiger partial charge in [0, 0.05) is 6.07 Å². The fourth-order valence-corrected chi connectivity index (χ4v) is 1.26. The predicted octanol–water partition coefficient (Wildman–Crippen LogP) is 0.497. The van der Waals surface area contributed by atoms with Crippen molar-refractivity contribution in [2.24, 2.45) is 5.73 Å². The molecule has 0 saturated carbocycles. The molecular weight excluding hydrogens is 230 g/mol. The zero-order valence-electron chi connectivity index (χ0n) is 9.17. The van der Waals surface area contributed by atoms with Crippen LogP contribution < -0.4 is 11.1 Å². The standard InChI is InChI=1S/C11H12F2N2O2/c1-6(11(14)17)15-10(16)4-7-2-8(12)5-9(13)3-7/h2-3,5-6H,4H2,1H3,(H2,14,17)(H,15,16)/t6-/m1/s1. The van der Waals surface area contributed by atoms with Gasteiger partial charge in [0.05, 0.1) is 6.42 Å². The molecule has 0 spiro atoms. The second-order valence-electron chi connectivity index (χ2n) is 3.65. The third-order valence-electron chi connectivity index (χ3n) is 2.09. The first kappa shape index (κ1) is 13.1. The van der Waals surface area contributed by atoms with Gasteiger partial charge in [-0.1, -0.05) is 0 Å². The van der Waals surface area contributed by atoms with Crippen molar-refractivity contribution in [3.63, 3.8) is 0 Å². The molecule has 0 unspecified atom stereocenters. The molecule has 0 aliphatic rings. The van der Waals surface area contributed by atoms with Crippen molar-refractivity contribution < 1.29 is 18.4 Å². The average molecular weight is 242 g/mol. The minimum absolute atomic E-state index is 0.191. The molecule has 17 heavy (non-hydrogen) atoms. The SMILES string of the molecule is C[C@@H](NC(=O)Cc1cc(F)cc(F)c1)C(N)=O. The summed E-state index contributed by atoms with van der Waals surface area (Å²) in [5.41, 5.74) is 5.14. The van der Waals surface area contributed by atoms with E-state index in [0.717, 1.165) is 12.1 Å². The summed E-state index contributed by atoms with van der Waals surface area (Å²) in [4.78, 5) is 22.1. The van der Waals surface area contributed by atoms with E-state index in [1.807, 2.05) is 0 Å². The summed E-state index contributed by atoms with van der Waals surface area (Å²) in [5, 5.41) is 2.31. The second-order valence-corrected chi connectivity index (χ2v) is 3.65. The number of nitrogens with two attached hydrogens (primary N) is 1. The topological polar surface area (TPSA) is 72.2 Å². The maximum Gasteiger partial charge on any atom is 0.239 e. The molecular formula is C11H12F2N2O2. The van der Waals surface area contributed by atoms with Gasteiger partial charge in [0.2, 0.25) is 11.8 Å². The molecule has 2 amide bonds. The Morgan fingerprint density at radius 2 is 1.82 bits per heavy atom. The molecule has 0 heterocycles. The van der Waals surface area contributed by atoms with Crippen molar-refractivity contribution >= 4 is 11.8 Å². The van der Waals surface area contributed by atoms with Crippen molar-refractivity contribution in [3.05, 3.63) is 35.4 Å². The zero-order chi connectivity index (χ0) is 13.0. The molecule has 92 valence electrons. The highest BCUT2D eigenvalue weighted by Gasteiger charge is 2.13. The third-order valence-corrected chi connectivity index (χ3v) is 2.09. The number of halogens is 2. The van der Waals surface area contributed by atoms with E-state index in [2.05, 4.69) is 5.32 Å². The number of nitrogens with one attached hydrogen (secondary N) is 1. The summed E-state index contributed by atoms with van der Waals surface area (Å²) in [6.07, 6.45) is -0.216. The summed E-state index contributed by atoms with van der Waals surface area (Å²) in [6, 6.07) is 2.00. The van der Waals surface area contributed by atoms with E-state index in [1.54, 1.807) is 0 Å². The van der Waals surface area contributed by atoms with Crippen LogP contribution in [0.25, 0.3) is 0 Å². The first-order valence-electron chi connectivity index (χ1n) is 4.92. The minimum atomic E-state index is -0.819. The Hall–Kier alpha value is -1.98. The Labute approximate surface area is 96.8 Å². The van der Waals surface area contributed by atoms with E-state index in [4.69, 9.17) is 5.73 Å². The summed E-state index contributed by atoms with van der Waals surface area (Å²) in [5.74, 6) is -2.71. The van der Waals surface area contributed by atoms with Gasteiger partial charge < -0.3 is 11.1 Å². The predicted molar refractivity (Wildman–Crippen MR) is 56.9 cm³/mol. The molecule has 0 aromatic heterocycles. The molecule has 0 bridgehead atoms. The second kappa shape index (κ2) is 5.38. The molecule has 0 aliphatic heterocycles. The number of benzene rings is 1. The van der Waals surface area contributed by atoms with Crippen LogP contribution in [-0.2, 0) is 16.0 Å². The molecule has 3 N–H and O–H groups in total. The number of rotatable bonds is 4. The van der Waals surface area contributed by atoms with Gasteiger partial charge >= 0.3 is 0 Å². The molecule has 1 atom stereocenters. The summed E-state index contributed by atoms with van der Waals surface area (Å²) in [7, 11) is 0. The molecule has 1 aromatic rings. The van der Waals surface area contributed by atoms with E-state index < -0.39 is 29.5 Å². The normalized spacial score (nSPS) is 11.9. The van der Waals surface area contributed by atoms with Crippen LogP contribution in [0.5, 0.6) is 0 Å². The van der Waals surface area contributed by atoms with Crippen molar-refractivity contribution in [2.75, 3.05) is 0 Å². The van der Waals surface area contributed by atoms with Crippen molar-refractivity contribution in [2.45, 2.75) is 19.4 Å². The molecule has 4 nitrogen and oxygen atoms in total. The van der Waals surface area contributed by atoms with Crippen LogP contribution in [0, 0.1) is 11.6 Å². The van der Waals surface area contributed by atoms with Crippen LogP contribution in [0.2, 0.25) is 0 Å². The molecule has 6 heteroatoms. The lowest BCUT2D eigenvalue weighted by Crippen LogP contribution is -2.42. The lowest BCUT2D eigenvalue weighted by Gasteiger charge is -2.10. The number of amides is 2. The van der Waals surface area contributed by atoms with Crippen LogP contribution in [0.1, 0.15) is 12.5 Å². The zero-order valence-corrected chi connectivity index (χ0v) is 9.17. The Morgan fingerprint density at radius 1 is 1.29 bits per heavy atom. The summed E-state index contributed by atoms with van der Waals surface area (Å²) in [6.45, 7) is 1.42. The number of primary amides is 1. The van der Waals surface area contributed by atoms with E-state index >= 15 is 0 Å². The van der Waals surface area contributed by atoms with Crippen molar-refractivity contribution in [1.82, 2.24) is 5.32 Å². The summed E-state index contributed by atoms with van der Waals surface area (Å²) < 4.78 is 25.6. The van der Waals surface area contributed by atoms with E-state index in [0.29, 0.717) is 6.07 Å². The Balaban J connectivity index is 2.65. The van der Waals surface area contributed by atoms with Gasteiger partial charge in [0.25, 0.3) is 0 Å². The number of hydrogen-bond donors (Lipinski definition) is 2. The molecule has 0 radical (unpaired) electrons. The number of carbonyl (C=O) groups is 2. The summed E-state index contributed by atoms with van der Waals surface area (Å²) >= 11 is 0. The Bertz CT molecular complexity index is 429. The smallest absolute Gasteiger partial charge is 0.239 e. The lowest BCUT2D eigenvalue weighted by atomic mass is 10.1. The Kier molecular flexibility index (Phi) is 4.14. The molecule has 1 rings (SSSR count). The van der Waals surface area contributed by atoms with Gasteiger partial charge in [-0.05, 0) is 24.6 Å².